The zero-order valence-electron chi connectivity index (χ0n) is 17.1. The Morgan fingerprint density at radius 2 is 2.00 bits per heavy atom. The summed E-state index contributed by atoms with van der Waals surface area (Å²) in [6, 6.07) is 4.55. The Kier molecular flexibility index (Phi) is 5.73. The molecule has 1 unspecified atom stereocenters. The summed E-state index contributed by atoms with van der Waals surface area (Å²) in [4.78, 5) is 33.2. The number of aromatic nitrogens is 2. The van der Waals surface area contributed by atoms with Crippen LogP contribution < -0.4 is 14.8 Å². The average molecular weight is 415 g/mol. The van der Waals surface area contributed by atoms with E-state index in [1.165, 1.54) is 0 Å². The fraction of sp³-hybridized carbons (Fsp3) is 0.500. The van der Waals surface area contributed by atoms with E-state index in [-0.39, 0.29) is 18.5 Å². The molecule has 0 bridgehead atoms. The number of aryl methyl sites for hydroxylation is 1. The third kappa shape index (κ3) is 4.17. The lowest BCUT2D eigenvalue weighted by atomic mass is 10.2. The minimum atomic E-state index is -0.479. The normalized spacial score (nSPS) is 18.7. The molecule has 1 N–H and O–H groups in total. The lowest BCUT2D eigenvalue weighted by Crippen LogP contribution is -2.41. The molecule has 1 aromatic carbocycles. The summed E-state index contributed by atoms with van der Waals surface area (Å²) >= 11 is 0. The second-order valence-corrected chi connectivity index (χ2v) is 7.22. The lowest BCUT2D eigenvalue weighted by molar-refractivity contribution is -0.133. The largest absolute Gasteiger partial charge is 0.486 e. The van der Waals surface area contributed by atoms with Crippen LogP contribution in [-0.2, 0) is 4.79 Å². The second kappa shape index (κ2) is 8.60. The maximum atomic E-state index is 13.0. The predicted octanol–water partition coefficient (Wildman–Crippen LogP) is 2.37. The van der Waals surface area contributed by atoms with Gasteiger partial charge in [0.25, 0.3) is 5.89 Å². The first kappa shape index (κ1) is 20.0. The van der Waals surface area contributed by atoms with Gasteiger partial charge in [-0.25, -0.2) is 4.79 Å². The molecule has 1 fully saturated rings. The second-order valence-electron chi connectivity index (χ2n) is 7.22. The number of urea groups is 1. The summed E-state index contributed by atoms with van der Waals surface area (Å²) in [6.07, 6.45) is 1.02. The van der Waals surface area contributed by atoms with Crippen molar-refractivity contribution < 1.29 is 23.6 Å². The minimum absolute atomic E-state index is 0.00931. The number of anilines is 1. The van der Waals surface area contributed by atoms with Crippen molar-refractivity contribution in [3.63, 3.8) is 0 Å². The molecule has 2 aliphatic rings. The van der Waals surface area contributed by atoms with Gasteiger partial charge in [-0.05, 0) is 25.5 Å². The highest BCUT2D eigenvalue weighted by molar-refractivity contribution is 5.90. The van der Waals surface area contributed by atoms with Gasteiger partial charge in [0, 0.05) is 31.3 Å². The Labute approximate surface area is 174 Å². The van der Waals surface area contributed by atoms with E-state index in [9.17, 15) is 9.59 Å². The van der Waals surface area contributed by atoms with Gasteiger partial charge in [-0.2, -0.15) is 4.98 Å². The van der Waals surface area contributed by atoms with Crippen molar-refractivity contribution in [3.05, 3.63) is 29.9 Å². The van der Waals surface area contributed by atoms with E-state index in [2.05, 4.69) is 15.5 Å². The van der Waals surface area contributed by atoms with Crippen molar-refractivity contribution in [1.82, 2.24) is 19.9 Å². The SMILES string of the molecule is CCC(=O)N1CCCN(C(=O)Nc2ccc3c(c2)OCCO3)CC1c1nc(C)no1. The third-order valence-corrected chi connectivity index (χ3v) is 5.13. The number of hydrogen-bond donors (Lipinski definition) is 1. The van der Waals surface area contributed by atoms with E-state index >= 15 is 0 Å². The molecule has 0 radical (unpaired) electrons. The summed E-state index contributed by atoms with van der Waals surface area (Å²) in [6.45, 7) is 5.82. The van der Waals surface area contributed by atoms with E-state index in [4.69, 9.17) is 14.0 Å². The highest BCUT2D eigenvalue weighted by atomic mass is 16.6. The molecule has 3 amide bonds. The van der Waals surface area contributed by atoms with Gasteiger partial charge in [0.2, 0.25) is 5.91 Å². The predicted molar refractivity (Wildman–Crippen MR) is 106 cm³/mol. The van der Waals surface area contributed by atoms with Gasteiger partial charge in [0.1, 0.15) is 19.3 Å². The van der Waals surface area contributed by atoms with E-state index in [0.717, 1.165) is 0 Å². The molecule has 10 heteroatoms. The van der Waals surface area contributed by atoms with E-state index in [0.29, 0.717) is 68.0 Å². The Bertz CT molecular complexity index is 930. The molecule has 30 heavy (non-hydrogen) atoms. The van der Waals surface area contributed by atoms with Crippen molar-refractivity contribution in [2.75, 3.05) is 38.2 Å². The lowest BCUT2D eigenvalue weighted by Gasteiger charge is -2.29. The quantitative estimate of drug-likeness (QED) is 0.819. The Hall–Kier alpha value is -3.30. The first-order chi connectivity index (χ1) is 14.5. The maximum Gasteiger partial charge on any atom is 0.321 e. The van der Waals surface area contributed by atoms with Crippen molar-refractivity contribution >= 4 is 17.6 Å². The number of nitrogens with one attached hydrogen (secondary N) is 1. The highest BCUT2D eigenvalue weighted by Crippen LogP contribution is 2.33. The minimum Gasteiger partial charge on any atom is -0.486 e. The molecular formula is C20H25N5O5. The summed E-state index contributed by atoms with van der Waals surface area (Å²) in [7, 11) is 0. The maximum absolute atomic E-state index is 13.0. The number of nitrogens with zero attached hydrogens (tertiary/aromatic N) is 4. The molecule has 0 saturated carbocycles. The monoisotopic (exact) mass is 415 g/mol. The van der Waals surface area contributed by atoms with Crippen LogP contribution in [-0.4, -0.2) is 64.7 Å². The molecule has 2 aliphatic heterocycles. The van der Waals surface area contributed by atoms with Crippen LogP contribution in [0.4, 0.5) is 10.5 Å². The standard InChI is InChI=1S/C20H25N5O5/c1-3-18(26)25-8-4-7-24(12-15(25)19-21-13(2)23-30-19)20(27)22-14-5-6-16-17(11-14)29-10-9-28-16/h5-6,11,15H,3-4,7-10,12H2,1-2H3,(H,22,27). The molecule has 0 spiro atoms. The molecule has 160 valence electrons. The fourth-order valence-corrected chi connectivity index (χ4v) is 3.66. The van der Waals surface area contributed by atoms with Crippen molar-refractivity contribution in [1.29, 1.82) is 0 Å². The van der Waals surface area contributed by atoms with Gasteiger partial charge < -0.3 is 29.1 Å². The molecule has 10 nitrogen and oxygen atoms in total. The van der Waals surface area contributed by atoms with Crippen LogP contribution in [0.3, 0.4) is 0 Å². The van der Waals surface area contributed by atoms with Gasteiger partial charge in [0.15, 0.2) is 17.3 Å². The van der Waals surface area contributed by atoms with Gasteiger partial charge in [-0.1, -0.05) is 12.1 Å². The van der Waals surface area contributed by atoms with E-state index < -0.39 is 6.04 Å². The topological polar surface area (TPSA) is 110 Å². The number of amides is 3. The van der Waals surface area contributed by atoms with Crippen molar-refractivity contribution in [2.45, 2.75) is 32.7 Å². The number of rotatable bonds is 3. The number of hydrogen-bond acceptors (Lipinski definition) is 7. The van der Waals surface area contributed by atoms with Crippen LogP contribution in [0, 0.1) is 6.92 Å². The van der Waals surface area contributed by atoms with Crippen molar-refractivity contribution in [3.8, 4) is 11.5 Å². The third-order valence-electron chi connectivity index (χ3n) is 5.13. The average Bonchev–Trinajstić information content (AvgIpc) is 3.06. The van der Waals surface area contributed by atoms with Crippen LogP contribution in [0.5, 0.6) is 11.5 Å². The first-order valence-electron chi connectivity index (χ1n) is 10.1. The molecule has 1 aromatic heterocycles. The van der Waals surface area contributed by atoms with Gasteiger partial charge in [-0.3, -0.25) is 4.79 Å². The fourth-order valence-electron chi connectivity index (χ4n) is 3.66. The molecule has 0 aliphatic carbocycles. The molecule has 4 rings (SSSR count). The Morgan fingerprint density at radius 3 is 2.73 bits per heavy atom. The van der Waals surface area contributed by atoms with Crippen LogP contribution in [0.25, 0.3) is 0 Å². The zero-order chi connectivity index (χ0) is 21.1. The number of benzene rings is 1. The van der Waals surface area contributed by atoms with Crippen molar-refractivity contribution in [2.24, 2.45) is 0 Å². The molecule has 3 heterocycles. The van der Waals surface area contributed by atoms with Gasteiger partial charge in [0.05, 0.1) is 6.54 Å². The Balaban J connectivity index is 1.52. The number of fused-ring (bicyclic) bond motifs is 1. The van der Waals surface area contributed by atoms with Gasteiger partial charge >= 0.3 is 6.03 Å². The summed E-state index contributed by atoms with van der Waals surface area (Å²) < 4.78 is 16.4. The molecular weight excluding hydrogens is 390 g/mol. The summed E-state index contributed by atoms with van der Waals surface area (Å²) in [5, 5.41) is 6.76. The highest BCUT2D eigenvalue weighted by Gasteiger charge is 2.34. The Morgan fingerprint density at radius 1 is 1.20 bits per heavy atom. The molecule has 1 atom stereocenters. The zero-order valence-corrected chi connectivity index (χ0v) is 17.1. The molecule has 1 saturated heterocycles. The summed E-state index contributed by atoms with van der Waals surface area (Å²) in [5.74, 6) is 2.09. The first-order valence-corrected chi connectivity index (χ1v) is 10.1. The summed E-state index contributed by atoms with van der Waals surface area (Å²) in [5.41, 5.74) is 0.611. The number of ether oxygens (including phenoxy) is 2. The van der Waals surface area contributed by atoms with E-state index in [1.807, 2.05) is 6.92 Å². The van der Waals surface area contributed by atoms with Crippen LogP contribution in [0.1, 0.15) is 37.5 Å². The van der Waals surface area contributed by atoms with E-state index in [1.54, 1.807) is 34.9 Å². The van der Waals surface area contributed by atoms with Crippen LogP contribution in [0.2, 0.25) is 0 Å². The number of carbonyl (C=O) groups is 2. The van der Waals surface area contributed by atoms with Gasteiger partial charge in [-0.15, -0.1) is 0 Å². The van der Waals surface area contributed by atoms with Crippen LogP contribution in [0.15, 0.2) is 22.7 Å². The number of carbonyl (C=O) groups excluding carboxylic acids is 2. The smallest absolute Gasteiger partial charge is 0.321 e. The molecule has 2 aromatic rings. The van der Waals surface area contributed by atoms with Crippen LogP contribution >= 0.6 is 0 Å².